The van der Waals surface area contributed by atoms with Gasteiger partial charge in [0.2, 0.25) is 0 Å². The highest BCUT2D eigenvalue weighted by Gasteiger charge is 2.18. The van der Waals surface area contributed by atoms with Gasteiger partial charge in [0.1, 0.15) is 6.04 Å². The molecule has 1 atom stereocenters. The summed E-state index contributed by atoms with van der Waals surface area (Å²) in [6.45, 7) is 1.87. The van der Waals surface area contributed by atoms with Crippen molar-refractivity contribution in [2.75, 3.05) is 20.1 Å². The maximum atomic E-state index is 9.88. The van der Waals surface area contributed by atoms with Crippen molar-refractivity contribution in [3.63, 3.8) is 0 Å². The van der Waals surface area contributed by atoms with Crippen LogP contribution in [0.4, 0.5) is 0 Å². The predicted molar refractivity (Wildman–Crippen MR) is 31.7 cm³/mol. The van der Waals surface area contributed by atoms with Gasteiger partial charge in [0, 0.05) is 13.1 Å². The van der Waals surface area contributed by atoms with Crippen LogP contribution in [0.2, 0.25) is 0 Å². The first-order valence-electron chi connectivity index (χ1n) is 2.84. The topological polar surface area (TPSA) is 32.7 Å². The normalized spacial score (nSPS) is 30.9. The van der Waals surface area contributed by atoms with Gasteiger partial charge in [-0.1, -0.05) is 5.18 Å². The molecular weight excluding hydrogens is 104 g/mol. The average molecular weight is 114 g/mol. The molecule has 3 nitrogen and oxygen atoms in total. The standard InChI is InChI=1S/C5H10N2O/c1-7-3-2-5(4-7)6-8/h5H,2-4H2,1H3. The molecule has 1 saturated heterocycles. The van der Waals surface area contributed by atoms with Crippen LogP contribution < -0.4 is 0 Å². The van der Waals surface area contributed by atoms with Crippen molar-refractivity contribution in [1.29, 1.82) is 0 Å². The molecule has 1 aliphatic rings. The zero-order valence-corrected chi connectivity index (χ0v) is 5.00. The molecular formula is C5H10N2O. The first-order chi connectivity index (χ1) is 3.83. The van der Waals surface area contributed by atoms with Crippen LogP contribution in [0.15, 0.2) is 5.18 Å². The SMILES string of the molecule is CN1CCC(N=O)C1. The minimum absolute atomic E-state index is 0.0694. The highest BCUT2D eigenvalue weighted by Crippen LogP contribution is 2.08. The van der Waals surface area contributed by atoms with Crippen LogP contribution in [0.3, 0.4) is 0 Å². The van der Waals surface area contributed by atoms with Gasteiger partial charge in [0.25, 0.3) is 0 Å². The lowest BCUT2D eigenvalue weighted by Gasteiger charge is -2.02. The van der Waals surface area contributed by atoms with Crippen molar-refractivity contribution < 1.29 is 0 Å². The third kappa shape index (κ3) is 1.04. The van der Waals surface area contributed by atoms with Gasteiger partial charge in [-0.2, -0.15) is 4.91 Å². The van der Waals surface area contributed by atoms with Crippen molar-refractivity contribution in [3.05, 3.63) is 4.91 Å². The third-order valence-electron chi connectivity index (χ3n) is 1.52. The second-order valence-corrected chi connectivity index (χ2v) is 2.31. The molecule has 1 fully saturated rings. The molecule has 0 aromatic heterocycles. The molecule has 0 amide bonds. The van der Waals surface area contributed by atoms with E-state index in [-0.39, 0.29) is 6.04 Å². The van der Waals surface area contributed by atoms with Crippen molar-refractivity contribution in [2.24, 2.45) is 5.18 Å². The fraction of sp³-hybridized carbons (Fsp3) is 1.00. The van der Waals surface area contributed by atoms with Crippen LogP contribution in [0, 0.1) is 4.91 Å². The van der Waals surface area contributed by atoms with Crippen LogP contribution in [0.1, 0.15) is 6.42 Å². The van der Waals surface area contributed by atoms with Crippen LogP contribution >= 0.6 is 0 Å². The summed E-state index contributed by atoms with van der Waals surface area (Å²) in [6, 6.07) is 0.0694. The molecule has 1 heterocycles. The molecule has 0 radical (unpaired) electrons. The number of likely N-dealkylation sites (N-methyl/N-ethyl adjacent to an activating group) is 1. The molecule has 0 bridgehead atoms. The summed E-state index contributed by atoms with van der Waals surface area (Å²) in [4.78, 5) is 12.0. The fourth-order valence-electron chi connectivity index (χ4n) is 0.998. The Morgan fingerprint density at radius 3 is 2.75 bits per heavy atom. The van der Waals surface area contributed by atoms with Gasteiger partial charge >= 0.3 is 0 Å². The molecule has 1 aliphatic heterocycles. The monoisotopic (exact) mass is 114 g/mol. The van der Waals surface area contributed by atoms with E-state index >= 15 is 0 Å². The Kier molecular flexibility index (Phi) is 1.58. The summed E-state index contributed by atoms with van der Waals surface area (Å²) in [5.41, 5.74) is 0. The molecule has 8 heavy (non-hydrogen) atoms. The molecule has 0 aromatic carbocycles. The zero-order valence-electron chi connectivity index (χ0n) is 5.00. The number of hydrogen-bond acceptors (Lipinski definition) is 3. The lowest BCUT2D eigenvalue weighted by Crippen LogP contribution is -2.14. The molecule has 0 N–H and O–H groups in total. The van der Waals surface area contributed by atoms with E-state index in [0.717, 1.165) is 19.5 Å². The largest absolute Gasteiger partial charge is 0.304 e. The first kappa shape index (κ1) is 5.69. The molecule has 0 aliphatic carbocycles. The Morgan fingerprint density at radius 2 is 2.50 bits per heavy atom. The number of hydrogen-bond donors (Lipinski definition) is 0. The second-order valence-electron chi connectivity index (χ2n) is 2.31. The molecule has 1 rings (SSSR count). The van der Waals surface area contributed by atoms with Crippen molar-refractivity contribution >= 4 is 0 Å². The maximum absolute atomic E-state index is 9.88. The maximum Gasteiger partial charge on any atom is 0.106 e. The van der Waals surface area contributed by atoms with E-state index in [9.17, 15) is 4.91 Å². The van der Waals surface area contributed by atoms with Gasteiger partial charge < -0.3 is 4.90 Å². The second kappa shape index (κ2) is 2.22. The van der Waals surface area contributed by atoms with Crippen LogP contribution in [-0.4, -0.2) is 31.1 Å². The van der Waals surface area contributed by atoms with E-state index in [2.05, 4.69) is 10.1 Å². The number of nitroso groups, excluding NO2 is 1. The van der Waals surface area contributed by atoms with Gasteiger partial charge in [0.05, 0.1) is 0 Å². The molecule has 46 valence electrons. The summed E-state index contributed by atoms with van der Waals surface area (Å²) in [7, 11) is 2.01. The van der Waals surface area contributed by atoms with Crippen LogP contribution in [-0.2, 0) is 0 Å². The van der Waals surface area contributed by atoms with Crippen molar-refractivity contribution in [2.45, 2.75) is 12.5 Å². The third-order valence-corrected chi connectivity index (χ3v) is 1.52. The highest BCUT2D eigenvalue weighted by atomic mass is 16.3. The average Bonchev–Trinajstić information content (AvgIpc) is 2.14. The molecule has 1 unspecified atom stereocenters. The highest BCUT2D eigenvalue weighted by molar-refractivity contribution is 4.77. The number of nitrogens with zero attached hydrogens (tertiary/aromatic N) is 2. The van der Waals surface area contributed by atoms with Gasteiger partial charge in [-0.3, -0.25) is 0 Å². The van der Waals surface area contributed by atoms with Gasteiger partial charge in [-0.25, -0.2) is 0 Å². The molecule has 0 spiro atoms. The smallest absolute Gasteiger partial charge is 0.106 e. The Morgan fingerprint density at radius 1 is 1.75 bits per heavy atom. The summed E-state index contributed by atoms with van der Waals surface area (Å²) < 4.78 is 0. The van der Waals surface area contributed by atoms with Crippen molar-refractivity contribution in [1.82, 2.24) is 4.90 Å². The lowest BCUT2D eigenvalue weighted by atomic mass is 10.3. The van der Waals surface area contributed by atoms with Crippen LogP contribution in [0.25, 0.3) is 0 Å². The van der Waals surface area contributed by atoms with E-state index in [0.29, 0.717) is 0 Å². The lowest BCUT2D eigenvalue weighted by molar-refractivity contribution is 0.411. The Balaban J connectivity index is 2.32. The summed E-state index contributed by atoms with van der Waals surface area (Å²) >= 11 is 0. The summed E-state index contributed by atoms with van der Waals surface area (Å²) in [6.07, 6.45) is 0.944. The van der Waals surface area contributed by atoms with E-state index in [4.69, 9.17) is 0 Å². The Hall–Kier alpha value is -0.440. The Bertz CT molecular complexity index is 94.4. The summed E-state index contributed by atoms with van der Waals surface area (Å²) in [5, 5.41) is 2.95. The van der Waals surface area contributed by atoms with Crippen LogP contribution in [0.5, 0.6) is 0 Å². The molecule has 0 saturated carbocycles. The van der Waals surface area contributed by atoms with E-state index in [1.54, 1.807) is 0 Å². The predicted octanol–water partition coefficient (Wildman–Crippen LogP) is 0.457. The minimum Gasteiger partial charge on any atom is -0.304 e. The summed E-state index contributed by atoms with van der Waals surface area (Å²) in [5.74, 6) is 0. The van der Waals surface area contributed by atoms with E-state index in [1.807, 2.05) is 7.05 Å². The number of rotatable bonds is 1. The molecule has 3 heteroatoms. The van der Waals surface area contributed by atoms with Crippen molar-refractivity contribution in [3.8, 4) is 0 Å². The van der Waals surface area contributed by atoms with Gasteiger partial charge in [-0.05, 0) is 13.5 Å². The fourth-order valence-corrected chi connectivity index (χ4v) is 0.998. The molecule has 0 aromatic rings. The first-order valence-corrected chi connectivity index (χ1v) is 2.84. The van der Waals surface area contributed by atoms with E-state index in [1.165, 1.54) is 0 Å². The minimum atomic E-state index is 0.0694. The quantitative estimate of drug-likeness (QED) is 0.464. The zero-order chi connectivity index (χ0) is 5.98. The van der Waals surface area contributed by atoms with Gasteiger partial charge in [-0.15, -0.1) is 0 Å². The number of likely N-dealkylation sites (tertiary alicyclic amines) is 1. The van der Waals surface area contributed by atoms with Gasteiger partial charge in [0.15, 0.2) is 0 Å². The Labute approximate surface area is 48.6 Å². The van der Waals surface area contributed by atoms with E-state index < -0.39 is 0 Å².